The first-order valence-corrected chi connectivity index (χ1v) is 8.71. The molecule has 28 heavy (non-hydrogen) atoms. The number of para-hydroxylation sites is 1. The number of hydrogen-bond donors (Lipinski definition) is 2. The van der Waals surface area contributed by atoms with Gasteiger partial charge in [0.25, 0.3) is 5.56 Å². The highest BCUT2D eigenvalue weighted by molar-refractivity contribution is 5.83. The quantitative estimate of drug-likeness (QED) is 0.656. The Morgan fingerprint density at radius 3 is 2.54 bits per heavy atom. The van der Waals surface area contributed by atoms with E-state index < -0.39 is 11.8 Å². The number of nitrogens with zero attached hydrogens (tertiary/aromatic N) is 2. The van der Waals surface area contributed by atoms with Gasteiger partial charge in [0.1, 0.15) is 5.82 Å². The van der Waals surface area contributed by atoms with Crippen LogP contribution in [-0.4, -0.2) is 21.4 Å². The van der Waals surface area contributed by atoms with Crippen LogP contribution in [-0.2, 0) is 22.6 Å². The summed E-state index contributed by atoms with van der Waals surface area (Å²) in [5, 5.41) is 0.496. The zero-order valence-electron chi connectivity index (χ0n) is 15.2. The summed E-state index contributed by atoms with van der Waals surface area (Å²) in [4.78, 5) is 40.5. The molecule has 144 valence electrons. The van der Waals surface area contributed by atoms with E-state index in [1.165, 1.54) is 35.2 Å². The first kappa shape index (κ1) is 19.2. The van der Waals surface area contributed by atoms with Crippen LogP contribution >= 0.6 is 0 Å². The third-order valence-electron chi connectivity index (χ3n) is 4.25. The molecule has 8 heteroatoms. The van der Waals surface area contributed by atoms with E-state index in [0.717, 1.165) is 5.56 Å². The molecule has 2 N–H and O–H groups in total. The molecule has 0 radical (unpaired) electrons. The van der Waals surface area contributed by atoms with Gasteiger partial charge in [0.15, 0.2) is 0 Å². The Morgan fingerprint density at radius 1 is 1.07 bits per heavy atom. The summed E-state index contributed by atoms with van der Waals surface area (Å²) in [7, 11) is 0. The molecule has 1 aromatic heterocycles. The topological polar surface area (TPSA) is 93.1 Å². The number of amides is 2. The highest BCUT2D eigenvalue weighted by Crippen LogP contribution is 2.11. The predicted molar refractivity (Wildman–Crippen MR) is 102 cm³/mol. The Balaban J connectivity index is 1.52. The summed E-state index contributed by atoms with van der Waals surface area (Å²) in [6, 6.07) is 10.9. The van der Waals surface area contributed by atoms with E-state index in [4.69, 9.17) is 0 Å². The largest absolute Gasteiger partial charge is 0.298 e. The number of halogens is 1. The summed E-state index contributed by atoms with van der Waals surface area (Å²) in [5.74, 6) is -1.25. The fourth-order valence-corrected chi connectivity index (χ4v) is 2.75. The minimum atomic E-state index is -0.441. The number of benzene rings is 2. The molecule has 2 amide bonds. The van der Waals surface area contributed by atoms with Crippen LogP contribution in [0, 0.1) is 12.7 Å². The minimum Gasteiger partial charge on any atom is -0.298 e. The van der Waals surface area contributed by atoms with Crippen molar-refractivity contribution in [3.8, 4) is 0 Å². The van der Waals surface area contributed by atoms with Crippen molar-refractivity contribution in [2.75, 3.05) is 0 Å². The Kier molecular flexibility index (Phi) is 5.78. The first-order valence-electron chi connectivity index (χ1n) is 8.71. The number of aryl methyl sites for hydroxylation is 2. The number of nitrogens with one attached hydrogen (secondary N) is 2. The fourth-order valence-electron chi connectivity index (χ4n) is 2.75. The van der Waals surface area contributed by atoms with E-state index in [1.54, 1.807) is 12.1 Å². The zero-order chi connectivity index (χ0) is 20.1. The highest BCUT2D eigenvalue weighted by Gasteiger charge is 2.09. The van der Waals surface area contributed by atoms with Crippen LogP contribution in [0.4, 0.5) is 4.39 Å². The molecule has 0 bridgehead atoms. The molecule has 0 aliphatic rings. The third-order valence-corrected chi connectivity index (χ3v) is 4.25. The van der Waals surface area contributed by atoms with Crippen LogP contribution in [0.5, 0.6) is 0 Å². The van der Waals surface area contributed by atoms with Gasteiger partial charge in [-0.1, -0.05) is 24.3 Å². The van der Waals surface area contributed by atoms with Crippen LogP contribution < -0.4 is 16.4 Å². The number of aromatic nitrogens is 2. The van der Waals surface area contributed by atoms with Crippen molar-refractivity contribution in [1.29, 1.82) is 0 Å². The summed E-state index contributed by atoms with van der Waals surface area (Å²) >= 11 is 0. The van der Waals surface area contributed by atoms with Crippen molar-refractivity contribution in [2.24, 2.45) is 0 Å². The molecular formula is C20H19FN4O3. The van der Waals surface area contributed by atoms with Crippen molar-refractivity contribution in [3.05, 3.63) is 76.1 Å². The average Bonchev–Trinajstić information content (AvgIpc) is 2.68. The smallest absolute Gasteiger partial charge is 0.261 e. The van der Waals surface area contributed by atoms with Crippen LogP contribution in [0.3, 0.4) is 0 Å². The Morgan fingerprint density at radius 2 is 1.79 bits per heavy atom. The van der Waals surface area contributed by atoms with Crippen LogP contribution in [0.2, 0.25) is 0 Å². The van der Waals surface area contributed by atoms with Crippen molar-refractivity contribution in [1.82, 2.24) is 20.4 Å². The zero-order valence-corrected chi connectivity index (χ0v) is 15.2. The molecule has 0 saturated heterocycles. The fraction of sp³-hybridized carbons (Fsp3) is 0.200. The van der Waals surface area contributed by atoms with Crippen LogP contribution in [0.15, 0.2) is 53.6 Å². The van der Waals surface area contributed by atoms with Crippen molar-refractivity contribution in [2.45, 2.75) is 26.3 Å². The van der Waals surface area contributed by atoms with Gasteiger partial charge in [-0.2, -0.15) is 0 Å². The molecule has 0 saturated carbocycles. The molecule has 0 fully saturated rings. The predicted octanol–water partition coefficient (Wildman–Crippen LogP) is 1.62. The highest BCUT2D eigenvalue weighted by atomic mass is 19.1. The van der Waals surface area contributed by atoms with Crippen molar-refractivity contribution >= 4 is 22.7 Å². The lowest BCUT2D eigenvalue weighted by Gasteiger charge is -2.09. The summed E-state index contributed by atoms with van der Waals surface area (Å²) in [6.07, 6.45) is 1.42. The van der Waals surface area contributed by atoms with Gasteiger partial charge in [-0.25, -0.2) is 9.37 Å². The molecule has 0 atom stereocenters. The Bertz CT molecular complexity index is 1080. The molecule has 3 rings (SSSR count). The van der Waals surface area contributed by atoms with Gasteiger partial charge in [-0.15, -0.1) is 0 Å². The molecular weight excluding hydrogens is 363 g/mol. The van der Waals surface area contributed by atoms with E-state index in [2.05, 4.69) is 15.8 Å². The minimum absolute atomic E-state index is 0.00423. The van der Waals surface area contributed by atoms with Crippen LogP contribution in [0.1, 0.15) is 17.5 Å². The lowest BCUT2D eigenvalue weighted by Crippen LogP contribution is -2.42. The van der Waals surface area contributed by atoms with E-state index in [-0.39, 0.29) is 30.8 Å². The molecule has 3 aromatic rings. The molecule has 1 heterocycles. The maximum Gasteiger partial charge on any atom is 0.261 e. The van der Waals surface area contributed by atoms with Crippen molar-refractivity contribution in [3.63, 3.8) is 0 Å². The normalized spacial score (nSPS) is 10.6. The molecule has 0 spiro atoms. The molecule has 7 nitrogen and oxygen atoms in total. The maximum absolute atomic E-state index is 12.9. The van der Waals surface area contributed by atoms with Gasteiger partial charge in [-0.3, -0.25) is 29.8 Å². The summed E-state index contributed by atoms with van der Waals surface area (Å²) < 4.78 is 14.2. The van der Waals surface area contributed by atoms with Gasteiger partial charge >= 0.3 is 0 Å². The molecule has 0 aliphatic carbocycles. The van der Waals surface area contributed by atoms with E-state index in [0.29, 0.717) is 16.5 Å². The number of carbonyl (C=O) groups excluding carboxylic acids is 2. The number of carbonyl (C=O) groups is 2. The summed E-state index contributed by atoms with van der Waals surface area (Å²) in [6.45, 7) is 2.01. The van der Waals surface area contributed by atoms with E-state index >= 15 is 0 Å². The van der Waals surface area contributed by atoms with Gasteiger partial charge < -0.3 is 0 Å². The Labute approximate surface area is 160 Å². The van der Waals surface area contributed by atoms with Gasteiger partial charge in [0, 0.05) is 13.0 Å². The second-order valence-electron chi connectivity index (χ2n) is 6.36. The van der Waals surface area contributed by atoms with Gasteiger partial charge in [-0.05, 0) is 36.2 Å². The Hall–Kier alpha value is -3.55. The summed E-state index contributed by atoms with van der Waals surface area (Å²) in [5.41, 5.74) is 6.55. The number of hydrazine groups is 1. The third kappa shape index (κ3) is 4.59. The van der Waals surface area contributed by atoms with Crippen molar-refractivity contribution < 1.29 is 14.0 Å². The number of hydrogen-bond acceptors (Lipinski definition) is 4. The van der Waals surface area contributed by atoms with E-state index in [9.17, 15) is 18.8 Å². The van der Waals surface area contributed by atoms with E-state index in [1.807, 2.05) is 13.0 Å². The van der Waals surface area contributed by atoms with Gasteiger partial charge in [0.05, 0.1) is 23.7 Å². The van der Waals surface area contributed by atoms with Crippen LogP contribution in [0.25, 0.3) is 10.9 Å². The average molecular weight is 382 g/mol. The first-order chi connectivity index (χ1) is 13.4. The van der Waals surface area contributed by atoms with Gasteiger partial charge in [0.2, 0.25) is 11.8 Å². The lowest BCUT2D eigenvalue weighted by atomic mass is 10.1. The SMILES string of the molecule is Cc1cccc2c(=O)n(CCC(=O)NNC(=O)Cc3ccc(F)cc3)cnc12. The maximum atomic E-state index is 12.9. The molecule has 2 aromatic carbocycles. The standard InChI is InChI=1S/C20H19FN4O3/c1-13-3-2-4-16-19(13)22-12-25(20(16)28)10-9-17(26)23-24-18(27)11-14-5-7-15(21)8-6-14/h2-8,12H,9-11H2,1H3,(H,23,26)(H,24,27). The second kappa shape index (κ2) is 8.43. The number of fused-ring (bicyclic) bond motifs is 1. The monoisotopic (exact) mass is 382 g/mol. The number of rotatable bonds is 5. The lowest BCUT2D eigenvalue weighted by molar-refractivity contribution is -0.128. The molecule has 0 unspecified atom stereocenters. The molecule has 0 aliphatic heterocycles. The second-order valence-corrected chi connectivity index (χ2v) is 6.36.